The number of halogens is 1. The Morgan fingerprint density at radius 1 is 1.29 bits per heavy atom. The van der Waals surface area contributed by atoms with E-state index in [0.29, 0.717) is 11.6 Å². The minimum Gasteiger partial charge on any atom is -0.492 e. The molecule has 2 nitrogen and oxygen atoms in total. The number of benzene rings is 1. The van der Waals surface area contributed by atoms with Gasteiger partial charge in [0, 0.05) is 5.02 Å². The molecule has 0 unspecified atom stereocenters. The van der Waals surface area contributed by atoms with Crippen LogP contribution in [0.1, 0.15) is 32.1 Å². The molecule has 0 spiro atoms. The van der Waals surface area contributed by atoms with E-state index < -0.39 is 0 Å². The number of nitriles is 1. The first-order chi connectivity index (χ1) is 8.24. The molecule has 0 bridgehead atoms. The Labute approximate surface area is 107 Å². The summed E-state index contributed by atoms with van der Waals surface area (Å²) in [6.07, 6.45) is 5.40. The van der Waals surface area contributed by atoms with Gasteiger partial charge in [0.15, 0.2) is 0 Å². The Bertz CT molecular complexity index is 418. The van der Waals surface area contributed by atoms with E-state index in [1.54, 1.807) is 6.07 Å². The maximum atomic E-state index is 9.32. The predicted octanol–water partition coefficient (Wildman–Crippen LogP) is 4.19. The van der Waals surface area contributed by atoms with Gasteiger partial charge in [0.2, 0.25) is 0 Å². The Hall–Kier alpha value is -1.20. The molecule has 0 aliphatic heterocycles. The highest BCUT2D eigenvalue weighted by Crippen LogP contribution is 2.36. The van der Waals surface area contributed by atoms with E-state index >= 15 is 0 Å². The summed E-state index contributed by atoms with van der Waals surface area (Å²) in [5.41, 5.74) is -0.291. The zero-order valence-electron chi connectivity index (χ0n) is 9.79. The van der Waals surface area contributed by atoms with Crippen LogP contribution >= 0.6 is 11.6 Å². The summed E-state index contributed by atoms with van der Waals surface area (Å²) >= 11 is 5.89. The van der Waals surface area contributed by atoms with Crippen molar-refractivity contribution < 1.29 is 4.74 Å². The van der Waals surface area contributed by atoms with Gasteiger partial charge in [-0.25, -0.2) is 0 Å². The topological polar surface area (TPSA) is 33.0 Å². The highest BCUT2D eigenvalue weighted by atomic mass is 35.5. The fraction of sp³-hybridized carbons (Fsp3) is 0.500. The molecule has 3 heteroatoms. The van der Waals surface area contributed by atoms with E-state index in [-0.39, 0.29) is 5.41 Å². The molecule has 0 atom stereocenters. The lowest BCUT2D eigenvalue weighted by Gasteiger charge is -2.30. The SMILES string of the molecule is N#CC1(COc2cccc(Cl)c2)CCCCC1. The molecule has 90 valence electrons. The summed E-state index contributed by atoms with van der Waals surface area (Å²) in [5.74, 6) is 0.748. The van der Waals surface area contributed by atoms with E-state index in [0.717, 1.165) is 31.4 Å². The molecule has 1 saturated carbocycles. The lowest BCUT2D eigenvalue weighted by atomic mass is 9.76. The van der Waals surface area contributed by atoms with Gasteiger partial charge in [-0.1, -0.05) is 36.9 Å². The van der Waals surface area contributed by atoms with Gasteiger partial charge in [0.05, 0.1) is 11.5 Å². The van der Waals surface area contributed by atoms with Gasteiger partial charge in [-0.3, -0.25) is 0 Å². The molecule has 1 aliphatic rings. The van der Waals surface area contributed by atoms with Gasteiger partial charge in [0.25, 0.3) is 0 Å². The maximum Gasteiger partial charge on any atom is 0.120 e. The predicted molar refractivity (Wildman–Crippen MR) is 68.1 cm³/mol. The van der Waals surface area contributed by atoms with Crippen molar-refractivity contribution in [2.45, 2.75) is 32.1 Å². The van der Waals surface area contributed by atoms with Crippen molar-refractivity contribution in [3.8, 4) is 11.8 Å². The number of hydrogen-bond acceptors (Lipinski definition) is 2. The molecule has 0 saturated heterocycles. The number of rotatable bonds is 3. The molecule has 1 aromatic rings. The van der Waals surface area contributed by atoms with Crippen molar-refractivity contribution in [1.82, 2.24) is 0 Å². The summed E-state index contributed by atoms with van der Waals surface area (Å²) < 4.78 is 5.71. The van der Waals surface area contributed by atoms with Crippen molar-refractivity contribution >= 4 is 11.6 Å². The lowest BCUT2D eigenvalue weighted by molar-refractivity contribution is 0.150. The molecule has 0 N–H and O–H groups in total. The van der Waals surface area contributed by atoms with E-state index in [2.05, 4.69) is 6.07 Å². The normalized spacial score (nSPS) is 18.4. The van der Waals surface area contributed by atoms with Crippen LogP contribution in [0, 0.1) is 16.7 Å². The number of nitrogens with zero attached hydrogens (tertiary/aromatic N) is 1. The van der Waals surface area contributed by atoms with Crippen molar-refractivity contribution in [1.29, 1.82) is 5.26 Å². The fourth-order valence-electron chi connectivity index (χ4n) is 2.30. The zero-order valence-corrected chi connectivity index (χ0v) is 10.5. The van der Waals surface area contributed by atoms with E-state index in [9.17, 15) is 5.26 Å². The molecule has 0 heterocycles. The zero-order chi connectivity index (χ0) is 12.1. The van der Waals surface area contributed by atoms with Crippen LogP contribution in [0.25, 0.3) is 0 Å². The number of hydrogen-bond donors (Lipinski definition) is 0. The van der Waals surface area contributed by atoms with Gasteiger partial charge < -0.3 is 4.74 Å². The second-order valence-corrected chi connectivity index (χ2v) is 5.14. The fourth-order valence-corrected chi connectivity index (χ4v) is 2.48. The van der Waals surface area contributed by atoms with Crippen LogP contribution in [-0.4, -0.2) is 6.61 Å². The van der Waals surface area contributed by atoms with Crippen LogP contribution in [0.4, 0.5) is 0 Å². The second-order valence-electron chi connectivity index (χ2n) is 4.70. The van der Waals surface area contributed by atoms with Crippen molar-refractivity contribution in [2.75, 3.05) is 6.61 Å². The summed E-state index contributed by atoms with van der Waals surface area (Å²) in [6.45, 7) is 0.476. The summed E-state index contributed by atoms with van der Waals surface area (Å²) in [5, 5.41) is 9.98. The van der Waals surface area contributed by atoms with Crippen LogP contribution in [-0.2, 0) is 0 Å². The van der Waals surface area contributed by atoms with Crippen molar-refractivity contribution in [3.05, 3.63) is 29.3 Å². The molecule has 1 aromatic carbocycles. The smallest absolute Gasteiger partial charge is 0.120 e. The lowest BCUT2D eigenvalue weighted by Crippen LogP contribution is -2.29. The summed E-state index contributed by atoms with van der Waals surface area (Å²) in [7, 11) is 0. The second kappa shape index (κ2) is 5.42. The Balaban J connectivity index is 1.98. The van der Waals surface area contributed by atoms with Crippen LogP contribution in [0.15, 0.2) is 24.3 Å². The van der Waals surface area contributed by atoms with Crippen LogP contribution in [0.5, 0.6) is 5.75 Å². The molecule has 17 heavy (non-hydrogen) atoms. The Morgan fingerprint density at radius 2 is 2.06 bits per heavy atom. The van der Waals surface area contributed by atoms with Gasteiger partial charge in [-0.05, 0) is 31.0 Å². The van der Waals surface area contributed by atoms with Gasteiger partial charge in [-0.2, -0.15) is 5.26 Å². The third-order valence-corrected chi connectivity index (χ3v) is 3.59. The maximum absolute atomic E-state index is 9.32. The standard InChI is InChI=1S/C14H16ClNO/c15-12-5-4-6-13(9-12)17-11-14(10-16)7-2-1-3-8-14/h4-6,9H,1-3,7-8,11H2. The third kappa shape index (κ3) is 3.14. The molecule has 1 aliphatic carbocycles. The molecule has 0 aromatic heterocycles. The summed E-state index contributed by atoms with van der Waals surface area (Å²) in [4.78, 5) is 0. The minimum absolute atomic E-state index is 0.291. The van der Waals surface area contributed by atoms with Crippen LogP contribution in [0.2, 0.25) is 5.02 Å². The van der Waals surface area contributed by atoms with Gasteiger partial charge in [0.1, 0.15) is 12.4 Å². The minimum atomic E-state index is -0.291. The van der Waals surface area contributed by atoms with Crippen LogP contribution in [0.3, 0.4) is 0 Å². The molecule has 0 radical (unpaired) electrons. The quantitative estimate of drug-likeness (QED) is 0.805. The number of ether oxygens (including phenoxy) is 1. The van der Waals surface area contributed by atoms with E-state index in [1.165, 1.54) is 6.42 Å². The average Bonchev–Trinajstić information content (AvgIpc) is 2.38. The Morgan fingerprint density at radius 3 is 2.71 bits per heavy atom. The van der Waals surface area contributed by atoms with Crippen molar-refractivity contribution in [2.24, 2.45) is 5.41 Å². The first-order valence-corrected chi connectivity index (χ1v) is 6.42. The average molecular weight is 250 g/mol. The summed E-state index contributed by atoms with van der Waals surface area (Å²) in [6, 6.07) is 9.78. The monoisotopic (exact) mass is 249 g/mol. The highest BCUT2D eigenvalue weighted by Gasteiger charge is 2.32. The van der Waals surface area contributed by atoms with E-state index in [4.69, 9.17) is 16.3 Å². The molecule has 0 amide bonds. The van der Waals surface area contributed by atoms with Gasteiger partial charge >= 0.3 is 0 Å². The largest absolute Gasteiger partial charge is 0.492 e. The Kier molecular flexibility index (Phi) is 3.91. The molecular weight excluding hydrogens is 234 g/mol. The van der Waals surface area contributed by atoms with Gasteiger partial charge in [-0.15, -0.1) is 0 Å². The molecular formula is C14H16ClNO. The molecule has 1 fully saturated rings. The van der Waals surface area contributed by atoms with E-state index in [1.807, 2.05) is 18.2 Å². The first kappa shape index (κ1) is 12.3. The van der Waals surface area contributed by atoms with Crippen molar-refractivity contribution in [3.63, 3.8) is 0 Å². The third-order valence-electron chi connectivity index (χ3n) is 3.36. The highest BCUT2D eigenvalue weighted by molar-refractivity contribution is 6.30. The first-order valence-electron chi connectivity index (χ1n) is 6.04. The molecule has 2 rings (SSSR count). The van der Waals surface area contributed by atoms with Crippen LogP contribution < -0.4 is 4.74 Å².